The molecule has 9 heteroatoms. The van der Waals surface area contributed by atoms with E-state index in [0.717, 1.165) is 0 Å². The molecule has 0 spiro atoms. The molecular weight excluding hydrogens is 266 g/mol. The van der Waals surface area contributed by atoms with Crippen LogP contribution < -0.4 is 11.3 Å². The van der Waals surface area contributed by atoms with Crippen molar-refractivity contribution in [3.63, 3.8) is 0 Å². The van der Waals surface area contributed by atoms with Gasteiger partial charge in [0.1, 0.15) is 12.3 Å². The van der Waals surface area contributed by atoms with Gasteiger partial charge in [-0.3, -0.25) is 13.9 Å². The first kappa shape index (κ1) is 13.0. The molecule has 0 saturated carbocycles. The molecule has 1 aliphatic heterocycles. The Labute approximate surface area is 113 Å². The molecule has 0 bridgehead atoms. The molecule has 0 aromatic carbocycles. The summed E-state index contributed by atoms with van der Waals surface area (Å²) in [5.41, 5.74) is 5.82. The number of ether oxygens (including phenoxy) is 1. The van der Waals surface area contributed by atoms with E-state index >= 15 is 0 Å². The van der Waals surface area contributed by atoms with Crippen molar-refractivity contribution in [1.29, 1.82) is 0 Å². The molecule has 4 N–H and O–H groups in total. The summed E-state index contributed by atoms with van der Waals surface area (Å²) in [6.45, 7) is -0.271. The lowest BCUT2D eigenvalue weighted by Gasteiger charge is -2.15. The molecule has 0 unspecified atom stereocenters. The Kier molecular flexibility index (Phi) is 2.96. The number of fused-ring (bicyclic) bond motifs is 1. The maximum absolute atomic E-state index is 11.8. The van der Waals surface area contributed by atoms with E-state index in [2.05, 4.69) is 9.97 Å². The van der Waals surface area contributed by atoms with Crippen molar-refractivity contribution in [2.75, 3.05) is 12.3 Å². The second-order valence-corrected chi connectivity index (χ2v) is 4.77. The van der Waals surface area contributed by atoms with E-state index in [0.29, 0.717) is 12.1 Å². The summed E-state index contributed by atoms with van der Waals surface area (Å²) < 4.78 is 8.71. The molecule has 3 heterocycles. The Morgan fingerprint density at radius 2 is 2.35 bits per heavy atom. The number of aliphatic hydroxyl groups excluding tert-OH is 2. The van der Waals surface area contributed by atoms with Gasteiger partial charge in [0, 0.05) is 13.5 Å². The molecule has 1 fully saturated rings. The number of nitrogens with zero attached hydrogens (tertiary/aromatic N) is 4. The molecule has 0 radical (unpaired) electrons. The van der Waals surface area contributed by atoms with Crippen LogP contribution in [0.25, 0.3) is 11.2 Å². The lowest BCUT2D eigenvalue weighted by atomic mass is 10.2. The van der Waals surface area contributed by atoms with E-state index in [9.17, 15) is 9.90 Å². The topological polar surface area (TPSA) is 128 Å². The third-order valence-corrected chi connectivity index (χ3v) is 3.54. The second-order valence-electron chi connectivity index (χ2n) is 4.77. The zero-order valence-corrected chi connectivity index (χ0v) is 10.8. The fraction of sp³-hybridized carbons (Fsp3) is 0.545. The summed E-state index contributed by atoms with van der Waals surface area (Å²) in [5.74, 6) is 0.0708. The van der Waals surface area contributed by atoms with Crippen LogP contribution in [-0.2, 0) is 11.8 Å². The highest BCUT2D eigenvalue weighted by atomic mass is 16.5. The minimum absolute atomic E-state index is 0.0708. The van der Waals surface area contributed by atoms with Gasteiger partial charge in [0.15, 0.2) is 11.2 Å². The fourth-order valence-electron chi connectivity index (χ4n) is 2.44. The lowest BCUT2D eigenvalue weighted by molar-refractivity contribution is -0.0433. The average Bonchev–Trinajstić information content (AvgIpc) is 2.99. The Hall–Kier alpha value is -1.97. The highest BCUT2D eigenvalue weighted by Gasteiger charge is 2.35. The van der Waals surface area contributed by atoms with Crippen LogP contribution in [0.3, 0.4) is 0 Å². The van der Waals surface area contributed by atoms with Crippen molar-refractivity contribution in [2.45, 2.75) is 24.9 Å². The first-order valence-corrected chi connectivity index (χ1v) is 6.16. The van der Waals surface area contributed by atoms with Crippen molar-refractivity contribution in [3.05, 3.63) is 16.7 Å². The first-order chi connectivity index (χ1) is 9.52. The van der Waals surface area contributed by atoms with Crippen LogP contribution in [0.2, 0.25) is 0 Å². The monoisotopic (exact) mass is 281 g/mol. The minimum atomic E-state index is -0.765. The van der Waals surface area contributed by atoms with Gasteiger partial charge < -0.3 is 20.7 Å². The van der Waals surface area contributed by atoms with Gasteiger partial charge in [-0.15, -0.1) is 0 Å². The van der Waals surface area contributed by atoms with Crippen LogP contribution >= 0.6 is 0 Å². The predicted molar refractivity (Wildman–Crippen MR) is 68.8 cm³/mol. The van der Waals surface area contributed by atoms with Gasteiger partial charge in [0.05, 0.1) is 19.0 Å². The number of aliphatic hydroxyl groups is 2. The van der Waals surface area contributed by atoms with E-state index in [1.165, 1.54) is 10.9 Å². The van der Waals surface area contributed by atoms with Crippen LogP contribution in [0.5, 0.6) is 0 Å². The summed E-state index contributed by atoms with van der Waals surface area (Å²) in [4.78, 5) is 19.4. The van der Waals surface area contributed by atoms with Gasteiger partial charge in [-0.2, -0.15) is 4.98 Å². The number of rotatable bonds is 2. The second kappa shape index (κ2) is 4.54. The molecule has 20 heavy (non-hydrogen) atoms. The molecule has 3 atom stereocenters. The van der Waals surface area contributed by atoms with E-state index in [1.54, 1.807) is 11.6 Å². The van der Waals surface area contributed by atoms with Crippen LogP contribution in [-0.4, -0.2) is 48.1 Å². The van der Waals surface area contributed by atoms with Gasteiger partial charge in [-0.25, -0.2) is 4.98 Å². The van der Waals surface area contributed by atoms with Crippen molar-refractivity contribution < 1.29 is 14.9 Å². The Morgan fingerprint density at radius 3 is 3.00 bits per heavy atom. The zero-order valence-electron chi connectivity index (χ0n) is 10.8. The molecule has 9 nitrogen and oxygen atoms in total. The van der Waals surface area contributed by atoms with Crippen LogP contribution in [0.4, 0.5) is 5.95 Å². The molecular formula is C11H15N5O4. The van der Waals surface area contributed by atoms with Gasteiger partial charge in [-0.05, 0) is 0 Å². The molecule has 0 amide bonds. The molecule has 2 aromatic rings. The Balaban J connectivity index is 2.12. The molecule has 3 rings (SSSR count). The van der Waals surface area contributed by atoms with E-state index in [4.69, 9.17) is 15.6 Å². The van der Waals surface area contributed by atoms with Gasteiger partial charge in [0.25, 0.3) is 0 Å². The first-order valence-electron chi connectivity index (χ1n) is 6.16. The average molecular weight is 281 g/mol. The van der Waals surface area contributed by atoms with Gasteiger partial charge >= 0.3 is 5.56 Å². The van der Waals surface area contributed by atoms with Crippen molar-refractivity contribution in [2.24, 2.45) is 7.05 Å². The summed E-state index contributed by atoms with van der Waals surface area (Å²) in [5, 5.41) is 18.9. The van der Waals surface area contributed by atoms with E-state index in [1.807, 2.05) is 0 Å². The normalized spacial score (nSPS) is 26.4. The molecule has 0 aliphatic carbocycles. The maximum atomic E-state index is 11.8. The van der Waals surface area contributed by atoms with Crippen LogP contribution in [0.15, 0.2) is 11.1 Å². The lowest BCUT2D eigenvalue weighted by Crippen LogP contribution is -2.24. The molecule has 108 valence electrons. The fourth-order valence-corrected chi connectivity index (χ4v) is 2.44. The smallest absolute Gasteiger partial charge is 0.302 e. The minimum Gasteiger partial charge on any atom is -0.394 e. The third kappa shape index (κ3) is 1.79. The Bertz CT molecular complexity index is 709. The number of imidazole rings is 1. The number of nitrogen functional groups attached to an aromatic ring is 1. The number of hydrogen-bond donors (Lipinski definition) is 3. The predicted octanol–water partition coefficient (Wildman–Crippen LogP) is -1.65. The summed E-state index contributed by atoms with van der Waals surface area (Å²) in [6, 6.07) is 0. The molecule has 2 aromatic heterocycles. The Morgan fingerprint density at radius 1 is 1.60 bits per heavy atom. The standard InChI is InChI=1S/C11H15N5O4/c1-15-10-8(9(19)14-11(15)12)13-4-16(10)7-2-5(18)6(3-17)20-7/h4-7,17-18H,2-3H2,1H3,(H2,12,14,19)/t5-,6+,7+/m0/s1. The summed E-state index contributed by atoms with van der Waals surface area (Å²) in [7, 11) is 1.66. The summed E-state index contributed by atoms with van der Waals surface area (Å²) >= 11 is 0. The zero-order chi connectivity index (χ0) is 14.4. The number of aromatic nitrogens is 4. The van der Waals surface area contributed by atoms with Crippen molar-refractivity contribution in [1.82, 2.24) is 19.1 Å². The van der Waals surface area contributed by atoms with Gasteiger partial charge in [0.2, 0.25) is 5.95 Å². The van der Waals surface area contributed by atoms with E-state index in [-0.39, 0.29) is 18.1 Å². The number of anilines is 1. The number of aryl methyl sites for hydroxylation is 1. The summed E-state index contributed by atoms with van der Waals surface area (Å²) in [6.07, 6.45) is -0.177. The third-order valence-electron chi connectivity index (χ3n) is 3.54. The maximum Gasteiger partial charge on any atom is 0.302 e. The van der Waals surface area contributed by atoms with E-state index < -0.39 is 24.0 Å². The number of hydrogen-bond acceptors (Lipinski definition) is 7. The molecule has 1 saturated heterocycles. The molecule has 1 aliphatic rings. The van der Waals surface area contributed by atoms with Crippen molar-refractivity contribution >= 4 is 17.1 Å². The van der Waals surface area contributed by atoms with Crippen LogP contribution in [0.1, 0.15) is 12.6 Å². The van der Waals surface area contributed by atoms with Crippen molar-refractivity contribution in [3.8, 4) is 0 Å². The van der Waals surface area contributed by atoms with Crippen LogP contribution in [0, 0.1) is 0 Å². The van der Waals surface area contributed by atoms with Gasteiger partial charge in [-0.1, -0.05) is 0 Å². The quantitative estimate of drug-likeness (QED) is 0.601. The highest BCUT2D eigenvalue weighted by Crippen LogP contribution is 2.30. The highest BCUT2D eigenvalue weighted by molar-refractivity contribution is 5.71. The SMILES string of the molecule is Cn1c(N)nc(=O)c2ncn([C@H]3C[C@H](O)[C@@H](CO)O3)c21. The number of nitrogens with two attached hydrogens (primary N) is 1. The largest absolute Gasteiger partial charge is 0.394 e.